The van der Waals surface area contributed by atoms with Crippen molar-refractivity contribution in [2.75, 3.05) is 40.9 Å². The monoisotopic (exact) mass is 1010 g/mol. The lowest BCUT2D eigenvalue weighted by atomic mass is 10.0. The topological polar surface area (TPSA) is 111 Å². The molecule has 0 bridgehead atoms. The van der Waals surface area contributed by atoms with Crippen molar-refractivity contribution in [2.24, 2.45) is 0 Å². The fraction of sp³-hybridized carbons (Fsp3) is 0.867. The highest BCUT2D eigenvalue weighted by Crippen LogP contribution is 2.43. The van der Waals surface area contributed by atoms with Crippen molar-refractivity contribution < 1.29 is 37.3 Å². The van der Waals surface area contributed by atoms with Crippen LogP contribution in [-0.2, 0) is 27.9 Å². The third-order valence-corrected chi connectivity index (χ3v) is 14.3. The molecule has 0 saturated heterocycles. The van der Waals surface area contributed by atoms with Gasteiger partial charge in [-0.05, 0) is 83.1 Å². The third kappa shape index (κ3) is 51.1. The molecule has 0 radical (unpaired) electrons. The maximum atomic E-state index is 13.5. The number of nitrogens with one attached hydrogen (secondary N) is 1. The highest BCUT2D eigenvalue weighted by atomic mass is 31.2. The number of rotatable bonds is 54. The number of phosphoric ester groups is 1. The van der Waals surface area contributed by atoms with Gasteiger partial charge in [-0.25, -0.2) is 4.57 Å². The van der Waals surface area contributed by atoms with E-state index in [1.807, 2.05) is 33.3 Å². The lowest BCUT2D eigenvalue weighted by Crippen LogP contribution is -2.47. The van der Waals surface area contributed by atoms with Crippen LogP contribution in [0.15, 0.2) is 36.5 Å². The van der Waals surface area contributed by atoms with Crippen LogP contribution in [0.25, 0.3) is 0 Å². The summed E-state index contributed by atoms with van der Waals surface area (Å²) in [5, 5.41) is 3.05. The summed E-state index contributed by atoms with van der Waals surface area (Å²) in [7, 11) is 1.50. The number of hydrogen-bond acceptors (Lipinski definition) is 6. The van der Waals surface area contributed by atoms with E-state index in [1.54, 1.807) is 0 Å². The molecule has 0 aromatic rings. The van der Waals surface area contributed by atoms with E-state index in [0.29, 0.717) is 17.4 Å². The van der Waals surface area contributed by atoms with E-state index in [4.69, 9.17) is 13.8 Å². The Balaban J connectivity index is 5.31. The van der Waals surface area contributed by atoms with Crippen LogP contribution in [0.1, 0.15) is 284 Å². The van der Waals surface area contributed by atoms with Gasteiger partial charge >= 0.3 is 13.8 Å². The first-order chi connectivity index (χ1) is 33.9. The van der Waals surface area contributed by atoms with E-state index in [1.165, 1.54) is 180 Å². The van der Waals surface area contributed by atoms with Crippen molar-refractivity contribution >= 4 is 19.7 Å². The zero-order chi connectivity index (χ0) is 51.5. The molecule has 1 amide bonds. The van der Waals surface area contributed by atoms with Gasteiger partial charge in [0.25, 0.3) is 0 Å². The highest BCUT2D eigenvalue weighted by molar-refractivity contribution is 7.47. The third-order valence-electron chi connectivity index (χ3n) is 13.3. The number of nitrogens with zero attached hydrogens (tertiary/aromatic N) is 1. The largest absolute Gasteiger partial charge is 0.472 e. The number of unbranched alkanes of at least 4 members (excludes halogenated alkanes) is 34. The average molecular weight is 1010 g/mol. The summed E-state index contributed by atoms with van der Waals surface area (Å²) in [6.45, 7) is 7.01. The number of likely N-dealkylation sites (N-methyl/N-ethyl adjacent to an activating group) is 1. The molecule has 3 atom stereocenters. The Kier molecular flexibility index (Phi) is 49.5. The number of allylic oxidation sites excluding steroid dienone is 5. The molecule has 0 aliphatic heterocycles. The van der Waals surface area contributed by atoms with E-state index >= 15 is 0 Å². The first kappa shape index (κ1) is 68.2. The second kappa shape index (κ2) is 50.7. The molecule has 2 N–H and O–H groups in total. The summed E-state index contributed by atoms with van der Waals surface area (Å²) in [4.78, 5) is 37.6. The van der Waals surface area contributed by atoms with Crippen LogP contribution in [0.5, 0.6) is 0 Å². The summed E-state index contributed by atoms with van der Waals surface area (Å²) < 4.78 is 30.6. The molecular formula is C60H116N2O7P+. The molecule has 0 aliphatic rings. The zero-order valence-electron chi connectivity index (χ0n) is 47.0. The van der Waals surface area contributed by atoms with Gasteiger partial charge in [0.05, 0.1) is 33.8 Å². The molecule has 70 heavy (non-hydrogen) atoms. The highest BCUT2D eigenvalue weighted by Gasteiger charge is 2.30. The molecule has 0 aromatic heterocycles. The van der Waals surface area contributed by atoms with E-state index in [2.05, 4.69) is 50.4 Å². The summed E-state index contributed by atoms with van der Waals surface area (Å²) in [6, 6.07) is -0.848. The van der Waals surface area contributed by atoms with Crippen LogP contribution < -0.4 is 5.32 Å². The van der Waals surface area contributed by atoms with Gasteiger partial charge in [-0.3, -0.25) is 18.6 Å². The summed E-state index contributed by atoms with van der Waals surface area (Å²) in [5.74, 6) is -0.507. The van der Waals surface area contributed by atoms with Crippen LogP contribution >= 0.6 is 7.82 Å². The fourth-order valence-electron chi connectivity index (χ4n) is 8.64. The summed E-state index contributed by atoms with van der Waals surface area (Å²) in [5.41, 5.74) is 0. The van der Waals surface area contributed by atoms with Gasteiger partial charge in [-0.15, -0.1) is 0 Å². The van der Waals surface area contributed by atoms with Gasteiger partial charge in [-0.1, -0.05) is 225 Å². The number of phosphoric acid groups is 1. The van der Waals surface area contributed by atoms with Crippen LogP contribution in [0.2, 0.25) is 0 Å². The molecule has 3 unspecified atom stereocenters. The minimum atomic E-state index is -4.44. The van der Waals surface area contributed by atoms with E-state index in [9.17, 15) is 19.0 Å². The Bertz CT molecular complexity index is 1300. The van der Waals surface area contributed by atoms with Crippen molar-refractivity contribution in [3.05, 3.63) is 36.5 Å². The quantitative estimate of drug-likeness (QED) is 0.0205. The van der Waals surface area contributed by atoms with Crippen molar-refractivity contribution in [3.63, 3.8) is 0 Å². The van der Waals surface area contributed by atoms with Crippen LogP contribution in [0.3, 0.4) is 0 Å². The molecule has 0 spiro atoms. The SMILES string of the molecule is CCCCCC/C=C\CCCCCCCCCC(=O)NC(COP(=O)(O)OCC[N+](C)(C)C)C(/C=C/CCCCCCCCCCCC)OC(=O)CCCCCCCCC/C=C/CCCCCCCC. The Labute approximate surface area is 434 Å². The van der Waals surface area contributed by atoms with Crippen LogP contribution in [0, 0.1) is 0 Å². The van der Waals surface area contributed by atoms with Gasteiger partial charge in [-0.2, -0.15) is 0 Å². The van der Waals surface area contributed by atoms with E-state index in [-0.39, 0.29) is 31.5 Å². The van der Waals surface area contributed by atoms with E-state index < -0.39 is 20.0 Å². The van der Waals surface area contributed by atoms with Crippen molar-refractivity contribution in [3.8, 4) is 0 Å². The van der Waals surface area contributed by atoms with Gasteiger partial charge in [0.2, 0.25) is 5.91 Å². The van der Waals surface area contributed by atoms with Crippen molar-refractivity contribution in [1.29, 1.82) is 0 Å². The predicted octanol–water partition coefficient (Wildman–Crippen LogP) is 17.9. The molecule has 0 fully saturated rings. The number of hydrogen-bond donors (Lipinski definition) is 2. The lowest BCUT2D eigenvalue weighted by Gasteiger charge is -2.27. The van der Waals surface area contributed by atoms with E-state index in [0.717, 1.165) is 70.6 Å². The molecule has 0 heterocycles. The Morgan fingerprint density at radius 1 is 0.486 bits per heavy atom. The lowest BCUT2D eigenvalue weighted by molar-refractivity contribution is -0.870. The second-order valence-electron chi connectivity index (χ2n) is 21.5. The number of amides is 1. The molecule has 10 heteroatoms. The normalized spacial score (nSPS) is 14.0. The van der Waals surface area contributed by atoms with Gasteiger partial charge < -0.3 is 19.4 Å². The maximum Gasteiger partial charge on any atom is 0.472 e. The second-order valence-corrected chi connectivity index (χ2v) is 23.0. The molecule has 0 rings (SSSR count). The summed E-state index contributed by atoms with van der Waals surface area (Å²) >= 11 is 0. The minimum absolute atomic E-state index is 0.0401. The average Bonchev–Trinajstić information content (AvgIpc) is 3.32. The molecule has 0 aromatic carbocycles. The number of esters is 1. The molecular weight excluding hydrogens is 892 g/mol. The van der Waals surface area contributed by atoms with Crippen molar-refractivity contribution in [2.45, 2.75) is 296 Å². The number of carbonyl (C=O) groups excluding carboxylic acids is 2. The first-order valence-corrected chi connectivity index (χ1v) is 31.3. The van der Waals surface area contributed by atoms with Crippen molar-refractivity contribution in [1.82, 2.24) is 5.32 Å². The maximum absolute atomic E-state index is 13.5. The zero-order valence-corrected chi connectivity index (χ0v) is 47.9. The molecule has 9 nitrogen and oxygen atoms in total. The number of quaternary nitrogens is 1. The molecule has 0 saturated carbocycles. The summed E-state index contributed by atoms with van der Waals surface area (Å²) in [6.07, 6.45) is 59.9. The Hall–Kier alpha value is -1.77. The van der Waals surface area contributed by atoms with Gasteiger partial charge in [0.15, 0.2) is 0 Å². The Morgan fingerprint density at radius 2 is 0.829 bits per heavy atom. The van der Waals surface area contributed by atoms with Crippen LogP contribution in [0.4, 0.5) is 0 Å². The number of carbonyl (C=O) groups is 2. The molecule has 412 valence electrons. The standard InChI is InChI=1S/C60H115N2O7P/c1-7-10-13-16-19-22-25-28-30-31-33-35-38-41-44-47-50-53-60(64)69-58(51-48-45-42-39-36-27-24-21-18-15-12-9-3)57(56-68-70(65,66)67-55-54-62(4,5)6)61-59(63)52-49-46-43-40-37-34-32-29-26-23-20-17-14-11-8-2/h23,26,28,30,48,51,57-58H,7-22,24-25,27,29,31-47,49-50,52-56H2,1-6H3,(H-,61,63,65,66)/p+1/b26-23-,30-28+,51-48+. The van der Waals surface area contributed by atoms with Gasteiger partial charge in [0, 0.05) is 12.8 Å². The first-order valence-electron chi connectivity index (χ1n) is 29.8. The fourth-order valence-corrected chi connectivity index (χ4v) is 9.37. The number of ether oxygens (including phenoxy) is 1. The van der Waals surface area contributed by atoms with Gasteiger partial charge in [0.1, 0.15) is 19.3 Å². The van der Waals surface area contributed by atoms with Crippen LogP contribution in [-0.4, -0.2) is 74.3 Å². The predicted molar refractivity (Wildman–Crippen MR) is 300 cm³/mol. The molecule has 0 aliphatic carbocycles. The minimum Gasteiger partial charge on any atom is -0.456 e. The Morgan fingerprint density at radius 3 is 1.23 bits per heavy atom. The smallest absolute Gasteiger partial charge is 0.456 e.